The van der Waals surface area contributed by atoms with Crippen molar-refractivity contribution in [3.8, 4) is 11.5 Å². The normalized spacial score (nSPS) is 24.2. The van der Waals surface area contributed by atoms with E-state index in [1.54, 1.807) is 0 Å². The van der Waals surface area contributed by atoms with E-state index in [-0.39, 0.29) is 34.4 Å². The van der Waals surface area contributed by atoms with Gasteiger partial charge in [0.15, 0.2) is 12.7 Å². The second-order valence-electron chi connectivity index (χ2n) is 8.28. The molecular weight excluding hydrogens is 446 g/mol. The van der Waals surface area contributed by atoms with Crippen molar-refractivity contribution in [2.24, 2.45) is 11.1 Å². The Hall–Kier alpha value is -3.27. The van der Waals surface area contributed by atoms with Crippen LogP contribution in [0.5, 0.6) is 11.5 Å². The summed E-state index contributed by atoms with van der Waals surface area (Å²) < 4.78 is 43.8. The largest absolute Gasteiger partial charge is 0.482 e. The van der Waals surface area contributed by atoms with Crippen LogP contribution in [0.3, 0.4) is 0 Å². The van der Waals surface area contributed by atoms with E-state index in [0.717, 1.165) is 12.3 Å². The van der Waals surface area contributed by atoms with Gasteiger partial charge in [-0.2, -0.15) is 0 Å². The average molecular weight is 463 g/mol. The van der Waals surface area contributed by atoms with Crippen molar-refractivity contribution in [3.05, 3.63) is 65.1 Å². The van der Waals surface area contributed by atoms with Crippen LogP contribution < -0.4 is 15.2 Å². The fourth-order valence-electron chi connectivity index (χ4n) is 4.69. The van der Waals surface area contributed by atoms with Crippen LogP contribution in [0.25, 0.3) is 0 Å². The summed E-state index contributed by atoms with van der Waals surface area (Å²) in [7, 11) is 0. The smallest absolute Gasteiger partial charge is 0.259 e. The molecule has 0 radical (unpaired) electrons. The molecule has 3 aliphatic carbocycles. The predicted octanol–water partition coefficient (Wildman–Crippen LogP) is 3.33. The van der Waals surface area contributed by atoms with Crippen molar-refractivity contribution in [2.45, 2.75) is 37.4 Å². The molecule has 6 rings (SSSR count). The number of rotatable bonds is 8. The molecule has 3 aromatic rings. The molecule has 1 amide bonds. The molecule has 2 heterocycles. The Kier molecular flexibility index (Phi) is 4.77. The summed E-state index contributed by atoms with van der Waals surface area (Å²) in [6.45, 7) is -0.0332. The highest BCUT2D eigenvalue weighted by Crippen LogP contribution is 2.75. The van der Waals surface area contributed by atoms with Gasteiger partial charge in [0.05, 0.1) is 22.8 Å². The Labute approximate surface area is 185 Å². The van der Waals surface area contributed by atoms with E-state index in [1.165, 1.54) is 24.4 Å². The topological polar surface area (TPSA) is 113 Å². The molecule has 2 N–H and O–H groups in total. The second-order valence-corrected chi connectivity index (χ2v) is 8.68. The van der Waals surface area contributed by atoms with E-state index in [2.05, 4.69) is 15.2 Å². The van der Waals surface area contributed by atoms with Gasteiger partial charge in [-0.25, -0.2) is 8.78 Å². The molecule has 166 valence electrons. The average Bonchev–Trinajstić information content (AvgIpc) is 3.15. The van der Waals surface area contributed by atoms with Crippen molar-refractivity contribution < 1.29 is 27.5 Å². The molecule has 1 atom stereocenters. The molecule has 3 saturated carbocycles. The Balaban J connectivity index is 1.23. The van der Waals surface area contributed by atoms with E-state index in [9.17, 15) is 13.6 Å². The molecule has 0 aliphatic heterocycles. The Morgan fingerprint density at radius 3 is 2.66 bits per heavy atom. The summed E-state index contributed by atoms with van der Waals surface area (Å²) in [5.41, 5.74) is 4.76. The van der Waals surface area contributed by atoms with Crippen molar-refractivity contribution in [1.82, 2.24) is 15.2 Å². The number of nitrogens with zero attached hydrogens (tertiary/aromatic N) is 3. The molecule has 1 aromatic carbocycles. The molecule has 0 spiro atoms. The monoisotopic (exact) mass is 462 g/mol. The van der Waals surface area contributed by atoms with Gasteiger partial charge in [-0.3, -0.25) is 9.78 Å². The lowest BCUT2D eigenvalue weighted by Gasteiger charge is -2.69. The number of nitrogens with two attached hydrogens (primary N) is 1. The number of pyridine rings is 1. The minimum absolute atomic E-state index is 0.0332. The maximum absolute atomic E-state index is 13.7. The Morgan fingerprint density at radius 1 is 1.19 bits per heavy atom. The highest BCUT2D eigenvalue weighted by Gasteiger charge is 2.75. The lowest BCUT2D eigenvalue weighted by molar-refractivity contribution is -0.208. The standard InChI is InChI=1S/C21H17ClF2N4O4/c22-14-2-1-12(4-15(14)24)31-17(18(25)29)20-8-21(9-20,10-20)19-28-27-16(32-19)7-30-13-3-11(23)5-26-6-13/h1-6,17H,7-10H2,(H2,25,29). The third-order valence-electron chi connectivity index (χ3n) is 5.99. The van der Waals surface area contributed by atoms with E-state index >= 15 is 0 Å². The van der Waals surface area contributed by atoms with Crippen LogP contribution in [0.1, 0.15) is 31.0 Å². The van der Waals surface area contributed by atoms with Gasteiger partial charge in [0.1, 0.15) is 23.1 Å². The number of hydrogen-bond acceptors (Lipinski definition) is 7. The molecular formula is C21H17ClF2N4O4. The van der Waals surface area contributed by atoms with Crippen molar-refractivity contribution >= 4 is 17.5 Å². The Bertz CT molecular complexity index is 1180. The van der Waals surface area contributed by atoms with Gasteiger partial charge < -0.3 is 19.6 Å². The zero-order chi connectivity index (χ0) is 22.5. The van der Waals surface area contributed by atoms with E-state index in [1.807, 2.05) is 0 Å². The van der Waals surface area contributed by atoms with Gasteiger partial charge in [0.25, 0.3) is 11.8 Å². The van der Waals surface area contributed by atoms with Crippen LogP contribution in [0, 0.1) is 17.0 Å². The van der Waals surface area contributed by atoms with Gasteiger partial charge in [-0.15, -0.1) is 10.2 Å². The number of carbonyl (C=O) groups excluding carboxylic acids is 1. The van der Waals surface area contributed by atoms with Crippen LogP contribution in [0.15, 0.2) is 41.1 Å². The number of halogens is 3. The van der Waals surface area contributed by atoms with Crippen molar-refractivity contribution in [1.29, 1.82) is 0 Å². The summed E-state index contributed by atoms with van der Waals surface area (Å²) in [5.74, 6) is -0.681. The first kappa shape index (κ1) is 20.6. The summed E-state index contributed by atoms with van der Waals surface area (Å²) in [4.78, 5) is 15.8. The predicted molar refractivity (Wildman–Crippen MR) is 106 cm³/mol. The third-order valence-corrected chi connectivity index (χ3v) is 6.30. The highest BCUT2D eigenvalue weighted by atomic mass is 35.5. The summed E-state index contributed by atoms with van der Waals surface area (Å²) in [6, 6.07) is 5.17. The number of aromatic nitrogens is 3. The van der Waals surface area contributed by atoms with Gasteiger partial charge in [-0.1, -0.05) is 11.6 Å². The molecule has 32 heavy (non-hydrogen) atoms. The van der Waals surface area contributed by atoms with Crippen LogP contribution >= 0.6 is 11.6 Å². The summed E-state index contributed by atoms with van der Waals surface area (Å²) in [5, 5.41) is 8.05. The van der Waals surface area contributed by atoms with Crippen LogP contribution in [0.2, 0.25) is 5.02 Å². The highest BCUT2D eigenvalue weighted by molar-refractivity contribution is 6.30. The lowest BCUT2D eigenvalue weighted by Crippen LogP contribution is -2.72. The number of benzene rings is 1. The van der Waals surface area contributed by atoms with Crippen LogP contribution in [-0.4, -0.2) is 27.2 Å². The van der Waals surface area contributed by atoms with Gasteiger partial charge in [0, 0.05) is 17.5 Å². The number of carbonyl (C=O) groups is 1. The summed E-state index contributed by atoms with van der Waals surface area (Å²) in [6.07, 6.45) is 3.24. The number of hydrogen-bond donors (Lipinski definition) is 1. The zero-order valence-electron chi connectivity index (χ0n) is 16.6. The third kappa shape index (κ3) is 3.44. The number of ether oxygens (including phenoxy) is 2. The molecule has 1 unspecified atom stereocenters. The van der Waals surface area contributed by atoms with Gasteiger partial charge >= 0.3 is 0 Å². The first-order chi connectivity index (χ1) is 15.3. The maximum Gasteiger partial charge on any atom is 0.259 e. The van der Waals surface area contributed by atoms with E-state index < -0.39 is 29.1 Å². The van der Waals surface area contributed by atoms with E-state index in [0.29, 0.717) is 25.2 Å². The van der Waals surface area contributed by atoms with Gasteiger partial charge in [0.2, 0.25) is 5.89 Å². The minimum Gasteiger partial charge on any atom is -0.482 e. The van der Waals surface area contributed by atoms with Crippen LogP contribution in [-0.2, 0) is 16.8 Å². The quantitative estimate of drug-likeness (QED) is 0.546. The molecule has 3 fully saturated rings. The van der Waals surface area contributed by atoms with Gasteiger partial charge in [-0.05, 0) is 31.4 Å². The molecule has 0 saturated heterocycles. The first-order valence-electron chi connectivity index (χ1n) is 9.76. The van der Waals surface area contributed by atoms with E-state index in [4.69, 9.17) is 31.2 Å². The Morgan fingerprint density at radius 2 is 1.97 bits per heavy atom. The first-order valence-corrected chi connectivity index (χ1v) is 10.1. The molecule has 2 bridgehead atoms. The fourth-order valence-corrected chi connectivity index (χ4v) is 4.80. The molecule has 8 nitrogen and oxygen atoms in total. The number of amides is 1. The fraction of sp³-hybridized carbons (Fsp3) is 0.333. The molecule has 3 aliphatic rings. The zero-order valence-corrected chi connectivity index (χ0v) is 17.3. The SMILES string of the molecule is NC(=O)C(Oc1ccc(Cl)c(F)c1)C12CC(c3nnc(COc4cncc(F)c4)o3)(C1)C2. The molecule has 11 heteroatoms. The number of primary amides is 1. The second kappa shape index (κ2) is 7.40. The van der Waals surface area contributed by atoms with Crippen molar-refractivity contribution in [2.75, 3.05) is 0 Å². The lowest BCUT2D eigenvalue weighted by atomic mass is 9.33. The maximum atomic E-state index is 13.7. The minimum atomic E-state index is -0.920. The van der Waals surface area contributed by atoms with Crippen LogP contribution in [0.4, 0.5) is 8.78 Å². The summed E-state index contributed by atoms with van der Waals surface area (Å²) >= 11 is 5.69. The van der Waals surface area contributed by atoms with Crippen molar-refractivity contribution in [3.63, 3.8) is 0 Å². The molecule has 2 aromatic heterocycles.